The maximum absolute atomic E-state index is 13.6. The molecule has 0 saturated heterocycles. The summed E-state index contributed by atoms with van der Waals surface area (Å²) in [6.07, 6.45) is 1.59. The van der Waals surface area contributed by atoms with E-state index in [9.17, 15) is 19.1 Å². The fourth-order valence-electron chi connectivity index (χ4n) is 2.38. The lowest BCUT2D eigenvalue weighted by atomic mass is 10.1. The Bertz CT molecular complexity index is 739. The van der Waals surface area contributed by atoms with Crippen molar-refractivity contribution in [1.82, 2.24) is 5.32 Å². The third-order valence-corrected chi connectivity index (χ3v) is 4.74. The summed E-state index contributed by atoms with van der Waals surface area (Å²) in [7, 11) is 0. The molecule has 0 saturated carbocycles. The zero-order valence-corrected chi connectivity index (χ0v) is 17.0. The third-order valence-electron chi connectivity index (χ3n) is 3.79. The Morgan fingerprint density at radius 1 is 1.21 bits per heavy atom. The molecule has 0 spiro atoms. The van der Waals surface area contributed by atoms with Gasteiger partial charge in [-0.2, -0.15) is 11.8 Å². The zero-order chi connectivity index (χ0) is 20.9. The normalized spacial score (nSPS) is 12.2. The molecular formula is C21H26FNO4S. The minimum atomic E-state index is -1.07. The first-order chi connectivity index (χ1) is 13.5. The highest BCUT2D eigenvalue weighted by atomic mass is 32.2. The molecule has 0 radical (unpaired) electrons. The van der Waals surface area contributed by atoms with Gasteiger partial charge in [0.1, 0.15) is 24.3 Å². The first kappa shape index (κ1) is 23.7. The molecule has 0 aromatic heterocycles. The second-order valence-electron chi connectivity index (χ2n) is 5.55. The van der Waals surface area contributed by atoms with Crippen molar-refractivity contribution in [2.24, 2.45) is 0 Å². The number of amides is 2. The van der Waals surface area contributed by atoms with Gasteiger partial charge in [-0.15, -0.1) is 0 Å². The van der Waals surface area contributed by atoms with Gasteiger partial charge in [-0.1, -0.05) is 44.2 Å². The second kappa shape index (κ2) is 12.9. The Labute approximate surface area is 169 Å². The van der Waals surface area contributed by atoms with E-state index in [4.69, 9.17) is 4.74 Å². The first-order valence-corrected chi connectivity index (χ1v) is 10.2. The Hall–Kier alpha value is -2.38. The van der Waals surface area contributed by atoms with Crippen LogP contribution in [0.4, 0.5) is 4.39 Å². The van der Waals surface area contributed by atoms with Crippen molar-refractivity contribution >= 4 is 24.1 Å². The molecule has 0 fully saturated rings. The van der Waals surface area contributed by atoms with E-state index in [1.54, 1.807) is 30.5 Å². The number of hydrogen-bond donors (Lipinski definition) is 2. The third kappa shape index (κ3) is 7.32. The molecule has 0 aliphatic carbocycles. The number of rotatable bonds is 9. The summed E-state index contributed by atoms with van der Waals surface area (Å²) >= 11 is 1.36. The van der Waals surface area contributed by atoms with Gasteiger partial charge >= 0.3 is 0 Å². The number of carbonyl (C=O) groups excluding carboxylic acids is 2. The molecule has 2 aromatic carbocycles. The standard InChI is InChI=1S/C19H20FNO4S.C2H6/c1-26-18(19(24)21-12-22)10-13-6-8-14(9-7-13)25-11-17(23)15-4-2-3-5-16(15)20;1-2/h2-9,12,17-18,23H,10-11H2,1H3,(H,21,22,24);1-2H3. The molecule has 0 aliphatic heterocycles. The molecule has 2 aromatic rings. The minimum absolute atomic E-state index is 0.0740. The fourth-order valence-corrected chi connectivity index (χ4v) is 3.02. The number of aliphatic hydroxyl groups is 1. The van der Waals surface area contributed by atoms with Crippen LogP contribution in [0.2, 0.25) is 0 Å². The van der Waals surface area contributed by atoms with Gasteiger partial charge in [0.15, 0.2) is 0 Å². The summed E-state index contributed by atoms with van der Waals surface area (Å²) in [5, 5.41) is 11.8. The van der Waals surface area contributed by atoms with Gasteiger partial charge in [-0.25, -0.2) is 4.39 Å². The molecule has 2 rings (SSSR count). The molecule has 0 aliphatic rings. The Morgan fingerprint density at radius 2 is 1.86 bits per heavy atom. The zero-order valence-electron chi connectivity index (χ0n) is 16.2. The lowest BCUT2D eigenvalue weighted by Gasteiger charge is -2.15. The molecule has 0 heterocycles. The van der Waals surface area contributed by atoms with Gasteiger partial charge in [0.25, 0.3) is 0 Å². The molecule has 2 N–H and O–H groups in total. The summed E-state index contributed by atoms with van der Waals surface area (Å²) < 4.78 is 19.1. The molecule has 152 valence electrons. The summed E-state index contributed by atoms with van der Waals surface area (Å²) in [4.78, 5) is 22.1. The van der Waals surface area contributed by atoms with Crippen molar-refractivity contribution in [3.63, 3.8) is 0 Å². The minimum Gasteiger partial charge on any atom is -0.491 e. The molecule has 2 amide bonds. The van der Waals surface area contributed by atoms with Crippen LogP contribution in [0.3, 0.4) is 0 Å². The van der Waals surface area contributed by atoms with Gasteiger partial charge in [0.2, 0.25) is 12.3 Å². The largest absolute Gasteiger partial charge is 0.491 e. The van der Waals surface area contributed by atoms with Crippen LogP contribution in [-0.4, -0.2) is 35.5 Å². The van der Waals surface area contributed by atoms with Crippen LogP contribution < -0.4 is 10.1 Å². The highest BCUT2D eigenvalue weighted by molar-refractivity contribution is 7.99. The number of nitrogens with one attached hydrogen (secondary N) is 1. The van der Waals surface area contributed by atoms with Crippen molar-refractivity contribution in [1.29, 1.82) is 0 Å². The van der Waals surface area contributed by atoms with Gasteiger partial charge < -0.3 is 9.84 Å². The lowest BCUT2D eigenvalue weighted by Crippen LogP contribution is -2.32. The monoisotopic (exact) mass is 407 g/mol. The van der Waals surface area contributed by atoms with E-state index in [1.165, 1.54) is 23.9 Å². The number of thioether (sulfide) groups is 1. The van der Waals surface area contributed by atoms with Crippen LogP contribution in [0.5, 0.6) is 5.75 Å². The molecule has 0 bridgehead atoms. The highest BCUT2D eigenvalue weighted by Crippen LogP contribution is 2.21. The van der Waals surface area contributed by atoms with Crippen molar-refractivity contribution in [2.75, 3.05) is 12.9 Å². The van der Waals surface area contributed by atoms with E-state index in [-0.39, 0.29) is 23.3 Å². The van der Waals surface area contributed by atoms with Gasteiger partial charge in [0, 0.05) is 5.56 Å². The van der Waals surface area contributed by atoms with Crippen LogP contribution in [0, 0.1) is 5.82 Å². The van der Waals surface area contributed by atoms with Crippen LogP contribution in [-0.2, 0) is 16.0 Å². The second-order valence-corrected chi connectivity index (χ2v) is 6.59. The molecular weight excluding hydrogens is 381 g/mol. The number of hydrogen-bond acceptors (Lipinski definition) is 5. The summed E-state index contributed by atoms with van der Waals surface area (Å²) in [5.74, 6) is -0.279. The van der Waals surface area contributed by atoms with Crippen LogP contribution >= 0.6 is 11.8 Å². The maximum Gasteiger partial charge on any atom is 0.239 e. The molecule has 2 atom stereocenters. The Morgan fingerprint density at radius 3 is 2.43 bits per heavy atom. The van der Waals surface area contributed by atoms with Crippen molar-refractivity contribution in [2.45, 2.75) is 31.6 Å². The van der Waals surface area contributed by atoms with E-state index >= 15 is 0 Å². The number of ether oxygens (including phenoxy) is 1. The predicted octanol–water partition coefficient (Wildman–Crippen LogP) is 3.51. The quantitative estimate of drug-likeness (QED) is 0.622. The van der Waals surface area contributed by atoms with Crippen molar-refractivity contribution in [3.05, 3.63) is 65.5 Å². The fraction of sp³-hybridized carbons (Fsp3) is 0.333. The summed E-state index contributed by atoms with van der Waals surface area (Å²) in [6.45, 7) is 3.93. The first-order valence-electron chi connectivity index (χ1n) is 8.96. The van der Waals surface area contributed by atoms with Gasteiger partial charge in [-0.05, 0) is 36.4 Å². The summed E-state index contributed by atoms with van der Waals surface area (Å²) in [6, 6.07) is 13.1. The number of aliphatic hydroxyl groups excluding tert-OH is 1. The average Bonchev–Trinajstić information content (AvgIpc) is 2.73. The lowest BCUT2D eigenvalue weighted by molar-refractivity contribution is -0.124. The van der Waals surface area contributed by atoms with E-state index in [0.29, 0.717) is 18.6 Å². The maximum atomic E-state index is 13.6. The molecule has 7 heteroatoms. The van der Waals surface area contributed by atoms with Crippen molar-refractivity contribution < 1.29 is 23.8 Å². The predicted molar refractivity (Wildman–Crippen MR) is 110 cm³/mol. The van der Waals surface area contributed by atoms with Crippen LogP contribution in [0.1, 0.15) is 31.1 Å². The SMILES string of the molecule is CC.CSC(Cc1ccc(OCC(O)c2ccccc2F)cc1)C(=O)NC=O. The number of halogens is 1. The van der Waals surface area contributed by atoms with E-state index in [2.05, 4.69) is 5.32 Å². The van der Waals surface area contributed by atoms with E-state index in [0.717, 1.165) is 5.56 Å². The number of imide groups is 1. The smallest absolute Gasteiger partial charge is 0.239 e. The highest BCUT2D eigenvalue weighted by Gasteiger charge is 2.17. The molecule has 28 heavy (non-hydrogen) atoms. The average molecular weight is 408 g/mol. The van der Waals surface area contributed by atoms with Gasteiger partial charge in [-0.3, -0.25) is 14.9 Å². The Kier molecular flexibility index (Phi) is 10.9. The van der Waals surface area contributed by atoms with Crippen LogP contribution in [0.25, 0.3) is 0 Å². The summed E-state index contributed by atoms with van der Waals surface area (Å²) in [5.41, 5.74) is 1.10. The van der Waals surface area contributed by atoms with E-state index < -0.39 is 11.9 Å². The van der Waals surface area contributed by atoms with E-state index in [1.807, 2.05) is 26.0 Å². The topological polar surface area (TPSA) is 75.6 Å². The number of carbonyl (C=O) groups is 2. The Balaban J connectivity index is 0.00000190. The molecule has 2 unspecified atom stereocenters. The van der Waals surface area contributed by atoms with Gasteiger partial charge in [0.05, 0.1) is 5.25 Å². The number of benzene rings is 2. The molecule has 5 nitrogen and oxygen atoms in total. The van der Waals surface area contributed by atoms with Crippen molar-refractivity contribution in [3.8, 4) is 5.75 Å². The van der Waals surface area contributed by atoms with Crippen LogP contribution in [0.15, 0.2) is 48.5 Å².